The number of nitrogens with zero attached hydrogens (tertiary/aromatic N) is 2. The van der Waals surface area contributed by atoms with Crippen molar-refractivity contribution < 1.29 is 9.47 Å². The fourth-order valence-electron chi connectivity index (χ4n) is 5.61. The predicted molar refractivity (Wildman–Crippen MR) is 124 cm³/mol. The highest BCUT2D eigenvalue weighted by atomic mass is 16.5. The summed E-state index contributed by atoms with van der Waals surface area (Å²) in [5, 5.41) is 13.9. The largest absolute Gasteiger partial charge is 0.493 e. The molecule has 0 radical (unpaired) electrons. The summed E-state index contributed by atoms with van der Waals surface area (Å²) < 4.78 is 11.6. The second-order valence-corrected chi connectivity index (χ2v) is 9.14. The third-order valence-corrected chi connectivity index (χ3v) is 7.19. The molecule has 0 amide bonds. The second kappa shape index (κ2) is 10.4. The number of allylic oxidation sites excluding steroid dienone is 1. The molecule has 2 aliphatic heterocycles. The molecule has 4 rings (SSSR count). The van der Waals surface area contributed by atoms with Crippen molar-refractivity contribution in [1.29, 1.82) is 5.26 Å². The lowest BCUT2D eigenvalue weighted by Crippen LogP contribution is -2.41. The Morgan fingerprint density at radius 1 is 1.13 bits per heavy atom. The van der Waals surface area contributed by atoms with Gasteiger partial charge in [0.2, 0.25) is 0 Å². The van der Waals surface area contributed by atoms with Crippen LogP contribution in [-0.2, 0) is 0 Å². The summed E-state index contributed by atoms with van der Waals surface area (Å²) >= 11 is 0. The summed E-state index contributed by atoms with van der Waals surface area (Å²) in [4.78, 5) is 2.56. The van der Waals surface area contributed by atoms with Crippen LogP contribution in [0.25, 0.3) is 5.70 Å². The third kappa shape index (κ3) is 4.85. The third-order valence-electron chi connectivity index (χ3n) is 7.19. The van der Waals surface area contributed by atoms with E-state index in [1.807, 2.05) is 6.92 Å². The van der Waals surface area contributed by atoms with Gasteiger partial charge in [0.1, 0.15) is 0 Å². The van der Waals surface area contributed by atoms with Gasteiger partial charge in [0, 0.05) is 17.5 Å². The van der Waals surface area contributed by atoms with Crippen LogP contribution in [0.1, 0.15) is 81.8 Å². The smallest absolute Gasteiger partial charge is 0.161 e. The molecule has 1 aromatic rings. The molecular weight excluding hydrogens is 386 g/mol. The monoisotopic (exact) mass is 423 g/mol. The van der Waals surface area contributed by atoms with E-state index in [0.717, 1.165) is 54.1 Å². The molecule has 2 atom stereocenters. The summed E-state index contributed by atoms with van der Waals surface area (Å²) in [6, 6.07) is 7.23. The molecule has 3 aliphatic rings. The van der Waals surface area contributed by atoms with Gasteiger partial charge < -0.3 is 19.7 Å². The van der Waals surface area contributed by atoms with E-state index in [4.69, 9.17) is 9.47 Å². The van der Waals surface area contributed by atoms with Crippen LogP contribution in [0.2, 0.25) is 0 Å². The highest BCUT2D eigenvalue weighted by Gasteiger charge is 2.35. The van der Waals surface area contributed by atoms with Gasteiger partial charge in [-0.1, -0.05) is 19.3 Å². The molecule has 0 bridgehead atoms. The summed E-state index contributed by atoms with van der Waals surface area (Å²) in [6.07, 6.45) is 10.7. The first-order valence-corrected chi connectivity index (χ1v) is 12.2. The molecule has 2 heterocycles. The Kier molecular flexibility index (Phi) is 7.40. The van der Waals surface area contributed by atoms with Crippen LogP contribution in [0.15, 0.2) is 17.7 Å². The molecule has 5 heteroatoms. The number of ether oxygens (including phenoxy) is 2. The number of rotatable bonds is 7. The normalized spacial score (nSPS) is 24.9. The van der Waals surface area contributed by atoms with Gasteiger partial charge in [-0.2, -0.15) is 5.26 Å². The van der Waals surface area contributed by atoms with Crippen molar-refractivity contribution in [2.75, 3.05) is 33.4 Å². The topological polar surface area (TPSA) is 57.5 Å². The maximum Gasteiger partial charge on any atom is 0.161 e. The Bertz CT molecular complexity index is 836. The van der Waals surface area contributed by atoms with Crippen molar-refractivity contribution in [1.82, 2.24) is 10.2 Å². The molecule has 0 aromatic heterocycles. The highest BCUT2D eigenvalue weighted by molar-refractivity contribution is 5.77. The van der Waals surface area contributed by atoms with E-state index in [1.54, 1.807) is 7.11 Å². The quantitative estimate of drug-likeness (QED) is 0.609. The summed E-state index contributed by atoms with van der Waals surface area (Å²) in [6.45, 7) is 6.13. The van der Waals surface area contributed by atoms with Crippen LogP contribution in [0.3, 0.4) is 0 Å². The highest BCUT2D eigenvalue weighted by Crippen LogP contribution is 2.46. The standard InChI is InChI=1S/C26H37N3O2/c1-3-31-25-16-21-20-11-5-6-12-23(20)28-26(22(21)17-24(25)30-2)19(18-27)10-9-15-29-13-7-4-8-14-29/h16-17,20,23,28H,3-15H2,1-2H3/t20-,23-/m1/s1. The van der Waals surface area contributed by atoms with Gasteiger partial charge in [0.25, 0.3) is 0 Å². The van der Waals surface area contributed by atoms with Crippen molar-refractivity contribution >= 4 is 5.70 Å². The van der Waals surface area contributed by atoms with Crippen molar-refractivity contribution in [2.24, 2.45) is 0 Å². The van der Waals surface area contributed by atoms with Crippen molar-refractivity contribution in [3.63, 3.8) is 0 Å². The lowest BCUT2D eigenvalue weighted by molar-refractivity contribution is 0.226. The van der Waals surface area contributed by atoms with Crippen LogP contribution < -0.4 is 14.8 Å². The maximum atomic E-state index is 10.1. The second-order valence-electron chi connectivity index (χ2n) is 9.14. The van der Waals surface area contributed by atoms with Crippen LogP contribution in [0.5, 0.6) is 11.5 Å². The zero-order chi connectivity index (χ0) is 21.6. The Morgan fingerprint density at radius 3 is 2.68 bits per heavy atom. The average Bonchev–Trinajstić information content (AvgIpc) is 2.82. The van der Waals surface area contributed by atoms with Crippen LogP contribution >= 0.6 is 0 Å². The first kappa shape index (κ1) is 22.0. The molecule has 1 N–H and O–H groups in total. The van der Waals surface area contributed by atoms with Crippen LogP contribution in [0, 0.1) is 11.3 Å². The molecule has 1 aromatic carbocycles. The lowest BCUT2D eigenvalue weighted by atomic mass is 9.74. The number of nitrogens with one attached hydrogen (secondary N) is 1. The van der Waals surface area contributed by atoms with E-state index in [2.05, 4.69) is 28.4 Å². The van der Waals surface area contributed by atoms with Gasteiger partial charge in [-0.3, -0.25) is 0 Å². The molecule has 2 fully saturated rings. The van der Waals surface area contributed by atoms with Gasteiger partial charge in [0.05, 0.1) is 31.1 Å². The fraction of sp³-hybridized carbons (Fsp3) is 0.654. The minimum absolute atomic E-state index is 0.407. The van der Waals surface area contributed by atoms with E-state index < -0.39 is 0 Å². The number of methoxy groups -OCH3 is 1. The minimum Gasteiger partial charge on any atom is -0.493 e. The van der Waals surface area contributed by atoms with Gasteiger partial charge in [-0.05, 0) is 82.8 Å². The first-order chi connectivity index (χ1) is 15.2. The molecule has 1 saturated heterocycles. The van der Waals surface area contributed by atoms with Crippen molar-refractivity contribution in [3.05, 3.63) is 28.8 Å². The number of piperidine rings is 1. The molecule has 0 spiro atoms. The SMILES string of the molecule is CCOc1cc2c(cc1OC)C(=C(C#N)CCCN1CCCCC1)N[C@@H]1CCCC[C@H]21. The molecule has 5 nitrogen and oxygen atoms in total. The molecular formula is C26H37N3O2. The van der Waals surface area contributed by atoms with Gasteiger partial charge in [-0.25, -0.2) is 0 Å². The van der Waals surface area contributed by atoms with E-state index in [0.29, 0.717) is 18.6 Å². The number of likely N-dealkylation sites (tertiary alicyclic amines) is 1. The van der Waals surface area contributed by atoms with Crippen LogP contribution in [0.4, 0.5) is 0 Å². The number of hydrogen-bond donors (Lipinski definition) is 1. The van der Waals surface area contributed by atoms with Gasteiger partial charge in [0.15, 0.2) is 11.5 Å². The van der Waals surface area contributed by atoms with Crippen molar-refractivity contribution in [2.45, 2.75) is 76.7 Å². The van der Waals surface area contributed by atoms with Gasteiger partial charge >= 0.3 is 0 Å². The first-order valence-electron chi connectivity index (χ1n) is 12.2. The molecule has 1 aliphatic carbocycles. The zero-order valence-electron chi connectivity index (χ0n) is 19.2. The average molecular weight is 424 g/mol. The zero-order valence-corrected chi connectivity index (χ0v) is 19.2. The number of hydrogen-bond acceptors (Lipinski definition) is 5. The molecule has 31 heavy (non-hydrogen) atoms. The van der Waals surface area contributed by atoms with E-state index in [9.17, 15) is 5.26 Å². The summed E-state index contributed by atoms with van der Waals surface area (Å²) in [5.74, 6) is 2.05. The number of benzene rings is 1. The van der Waals surface area contributed by atoms with E-state index in [-0.39, 0.29) is 0 Å². The number of nitriles is 1. The molecule has 1 saturated carbocycles. The summed E-state index contributed by atoms with van der Waals surface area (Å²) in [7, 11) is 1.69. The maximum absolute atomic E-state index is 10.1. The Morgan fingerprint density at radius 2 is 1.94 bits per heavy atom. The van der Waals surface area contributed by atoms with Crippen LogP contribution in [-0.4, -0.2) is 44.3 Å². The van der Waals surface area contributed by atoms with Gasteiger partial charge in [-0.15, -0.1) is 0 Å². The Labute approximate surface area is 187 Å². The Hall–Kier alpha value is -2.19. The minimum atomic E-state index is 0.407. The lowest BCUT2D eigenvalue weighted by Gasteiger charge is -2.40. The fourth-order valence-corrected chi connectivity index (χ4v) is 5.61. The van der Waals surface area contributed by atoms with Crippen molar-refractivity contribution in [3.8, 4) is 17.6 Å². The molecule has 168 valence electrons. The Balaban J connectivity index is 1.65. The molecule has 0 unspecified atom stereocenters. The van der Waals surface area contributed by atoms with E-state index >= 15 is 0 Å². The summed E-state index contributed by atoms with van der Waals surface area (Å²) in [5.41, 5.74) is 4.37. The predicted octanol–water partition coefficient (Wildman–Crippen LogP) is 5.22. The van der Waals surface area contributed by atoms with E-state index in [1.165, 1.54) is 57.2 Å². The number of fused-ring (bicyclic) bond motifs is 3.